The number of aliphatic hydroxyl groups excluding tert-OH is 1. The Morgan fingerprint density at radius 3 is 2.57 bits per heavy atom. The van der Waals surface area contributed by atoms with E-state index < -0.39 is 65.5 Å². The van der Waals surface area contributed by atoms with Crippen molar-refractivity contribution in [2.75, 3.05) is 7.11 Å². The van der Waals surface area contributed by atoms with Crippen LogP contribution in [0.1, 0.15) is 64.0 Å². The maximum absolute atomic E-state index is 14.0. The molecule has 10 nitrogen and oxygen atoms in total. The number of hydrogen-bond acceptors (Lipinski definition) is 9. The molecule has 0 radical (unpaired) electrons. The molecule has 2 saturated carbocycles. The highest BCUT2D eigenvalue weighted by molar-refractivity contribution is 5.92. The fourth-order valence-electron chi connectivity index (χ4n) is 6.86. The number of carboxylic acids is 1. The molecule has 1 aromatic rings. The van der Waals surface area contributed by atoms with Crippen LogP contribution in [0.4, 0.5) is 0 Å². The van der Waals surface area contributed by atoms with Crippen molar-refractivity contribution in [1.29, 1.82) is 0 Å². The number of esters is 2. The lowest BCUT2D eigenvalue weighted by Crippen LogP contribution is -2.65. The van der Waals surface area contributed by atoms with Gasteiger partial charge < -0.3 is 28.8 Å². The molecule has 1 aliphatic heterocycles. The van der Waals surface area contributed by atoms with Gasteiger partial charge in [-0.15, -0.1) is 0 Å². The van der Waals surface area contributed by atoms with Gasteiger partial charge in [-0.3, -0.25) is 19.2 Å². The lowest BCUT2D eigenvalue weighted by Gasteiger charge is -2.62. The van der Waals surface area contributed by atoms with E-state index in [1.54, 1.807) is 6.07 Å². The number of methoxy groups -OCH3 is 1. The van der Waals surface area contributed by atoms with E-state index >= 15 is 0 Å². The van der Waals surface area contributed by atoms with Crippen LogP contribution in [0.3, 0.4) is 0 Å². The quantitative estimate of drug-likeness (QED) is 0.567. The summed E-state index contributed by atoms with van der Waals surface area (Å²) in [5, 5.41) is 19.8. The van der Waals surface area contributed by atoms with Gasteiger partial charge in [0.15, 0.2) is 18.2 Å². The van der Waals surface area contributed by atoms with Crippen molar-refractivity contribution in [3.8, 4) is 0 Å². The summed E-state index contributed by atoms with van der Waals surface area (Å²) in [7, 11) is 1.28. The zero-order valence-electron chi connectivity index (χ0n) is 20.1. The zero-order chi connectivity index (χ0) is 25.5. The van der Waals surface area contributed by atoms with Crippen molar-refractivity contribution in [3.05, 3.63) is 24.2 Å². The van der Waals surface area contributed by atoms with Crippen LogP contribution < -0.4 is 0 Å². The van der Waals surface area contributed by atoms with Crippen LogP contribution in [0.25, 0.3) is 0 Å². The van der Waals surface area contributed by atoms with E-state index in [2.05, 4.69) is 0 Å². The second-order valence-electron chi connectivity index (χ2n) is 10.5. The highest BCUT2D eigenvalue weighted by Gasteiger charge is 2.67. The molecule has 2 N–H and O–H groups in total. The van der Waals surface area contributed by atoms with E-state index in [0.717, 1.165) is 5.56 Å². The van der Waals surface area contributed by atoms with Crippen molar-refractivity contribution in [2.45, 2.75) is 70.9 Å². The molecule has 4 rings (SSSR count). The van der Waals surface area contributed by atoms with Gasteiger partial charge in [0, 0.05) is 23.8 Å². The van der Waals surface area contributed by atoms with Crippen LogP contribution in [-0.2, 0) is 33.4 Å². The van der Waals surface area contributed by atoms with E-state index in [1.165, 1.54) is 19.6 Å². The average molecular weight is 493 g/mol. The maximum Gasteiger partial charge on any atom is 0.309 e. The van der Waals surface area contributed by atoms with Crippen LogP contribution in [-0.4, -0.2) is 53.4 Å². The van der Waals surface area contributed by atoms with Crippen molar-refractivity contribution in [1.82, 2.24) is 0 Å². The van der Waals surface area contributed by atoms with Gasteiger partial charge in [-0.05, 0) is 36.2 Å². The Labute approximate surface area is 202 Å². The maximum atomic E-state index is 14.0. The second kappa shape index (κ2) is 9.39. The lowest BCUT2D eigenvalue weighted by atomic mass is 9.43. The first-order valence-electron chi connectivity index (χ1n) is 11.9. The van der Waals surface area contributed by atoms with Crippen LogP contribution in [0.5, 0.6) is 0 Å². The molecule has 8 atom stereocenters. The number of aliphatic hydroxyl groups is 1. The molecule has 35 heavy (non-hydrogen) atoms. The third kappa shape index (κ3) is 4.38. The molecule has 2 aliphatic carbocycles. The molecule has 1 saturated heterocycles. The number of fused-ring (bicyclic) bond motifs is 3. The van der Waals surface area contributed by atoms with E-state index in [0.29, 0.717) is 19.3 Å². The van der Waals surface area contributed by atoms with Gasteiger partial charge >= 0.3 is 17.9 Å². The predicted molar refractivity (Wildman–Crippen MR) is 117 cm³/mol. The Bertz CT molecular complexity index is 986. The number of furan rings is 1. The van der Waals surface area contributed by atoms with E-state index in [-0.39, 0.29) is 24.5 Å². The van der Waals surface area contributed by atoms with Crippen molar-refractivity contribution in [2.24, 2.45) is 28.6 Å². The van der Waals surface area contributed by atoms with E-state index in [4.69, 9.17) is 23.7 Å². The molecule has 0 aromatic carbocycles. The summed E-state index contributed by atoms with van der Waals surface area (Å²) < 4.78 is 21.6. The van der Waals surface area contributed by atoms with Crippen LogP contribution in [0, 0.1) is 28.6 Å². The third-order valence-electron chi connectivity index (χ3n) is 8.50. The first-order valence-corrected chi connectivity index (χ1v) is 11.9. The van der Waals surface area contributed by atoms with Crippen LogP contribution in [0.15, 0.2) is 23.0 Å². The Kier molecular flexibility index (Phi) is 6.80. The summed E-state index contributed by atoms with van der Waals surface area (Å²) in [6.07, 6.45) is 0.808. The normalized spacial score (nSPS) is 38.7. The Morgan fingerprint density at radius 1 is 1.20 bits per heavy atom. The summed E-state index contributed by atoms with van der Waals surface area (Å²) in [4.78, 5) is 50.1. The molecular weight excluding hydrogens is 460 g/mol. The van der Waals surface area contributed by atoms with Crippen LogP contribution >= 0.6 is 0 Å². The van der Waals surface area contributed by atoms with E-state index in [1.807, 2.05) is 13.8 Å². The number of carboxylic acid groups (broad SMARTS) is 1. The Morgan fingerprint density at radius 2 is 1.94 bits per heavy atom. The minimum absolute atomic E-state index is 0.0255. The van der Waals surface area contributed by atoms with Crippen molar-refractivity contribution < 1.29 is 48.0 Å². The highest BCUT2D eigenvalue weighted by atomic mass is 16.6. The smallest absolute Gasteiger partial charge is 0.309 e. The molecule has 3 aliphatic rings. The molecular formula is C25H32O10. The average Bonchev–Trinajstić information content (AvgIpc) is 3.33. The number of carbonyl (C=O) groups excluding carboxylic acids is 3. The summed E-state index contributed by atoms with van der Waals surface area (Å²) in [5.41, 5.74) is -0.820. The molecule has 0 amide bonds. The predicted octanol–water partition coefficient (Wildman–Crippen LogP) is 2.64. The topological polar surface area (TPSA) is 150 Å². The van der Waals surface area contributed by atoms with Gasteiger partial charge in [-0.1, -0.05) is 13.8 Å². The van der Waals surface area contributed by atoms with Gasteiger partial charge in [0.1, 0.15) is 0 Å². The number of Topliss-reactive ketones (excluding diaryl/α,β-unsaturated/α-hetero) is 1. The lowest BCUT2D eigenvalue weighted by molar-refractivity contribution is -0.274. The number of aliphatic carboxylic acids is 1. The zero-order valence-corrected chi connectivity index (χ0v) is 20.1. The van der Waals surface area contributed by atoms with Crippen LogP contribution in [0.2, 0.25) is 0 Å². The number of ether oxygens (including phenoxy) is 3. The Balaban J connectivity index is 1.71. The first-order chi connectivity index (χ1) is 16.5. The minimum Gasteiger partial charge on any atom is -0.481 e. The Hall–Kier alpha value is -2.72. The minimum atomic E-state index is -1.21. The van der Waals surface area contributed by atoms with Crippen molar-refractivity contribution in [3.63, 3.8) is 0 Å². The fourth-order valence-corrected chi connectivity index (χ4v) is 6.86. The second-order valence-corrected chi connectivity index (χ2v) is 10.5. The summed E-state index contributed by atoms with van der Waals surface area (Å²) >= 11 is 0. The molecule has 0 bridgehead atoms. The van der Waals surface area contributed by atoms with Gasteiger partial charge in [0.25, 0.3) is 0 Å². The standard InChI is InChI=1S/C25H32O10/c1-24-8-6-14-23(31)35-17(13-7-9-33-12-13)11-25(14,2)21(24)20(29)16(10-15(24)22(30)32-3)34-19(28)5-4-18(26)27/h7,9,12,14-17,21,23,31H,4-6,8,10-11H2,1-3H3,(H,26,27)/t14-,15-,16?,17-,21?,23?,24-,25-/m0/s1. The molecule has 2 heterocycles. The SMILES string of the molecule is COC(=O)[C@@H]1CC(OC(=O)CCC(=O)O)C(=O)C2[C@@]1(C)CC[C@H]1C(O)O[C@H](c3ccoc3)C[C@]21C. The molecule has 3 fully saturated rings. The number of carbonyl (C=O) groups is 4. The number of ketones is 1. The fraction of sp³-hybridized carbons (Fsp3) is 0.680. The summed E-state index contributed by atoms with van der Waals surface area (Å²) in [6.45, 7) is 3.83. The molecule has 1 aromatic heterocycles. The number of hydrogen-bond donors (Lipinski definition) is 2. The van der Waals surface area contributed by atoms with Crippen molar-refractivity contribution >= 4 is 23.7 Å². The molecule has 3 unspecified atom stereocenters. The van der Waals surface area contributed by atoms with Gasteiger partial charge in [0.05, 0.1) is 44.5 Å². The largest absolute Gasteiger partial charge is 0.481 e. The number of rotatable bonds is 6. The van der Waals surface area contributed by atoms with Gasteiger partial charge in [-0.2, -0.15) is 0 Å². The monoisotopic (exact) mass is 492 g/mol. The summed E-state index contributed by atoms with van der Waals surface area (Å²) in [5.74, 6) is -4.57. The summed E-state index contributed by atoms with van der Waals surface area (Å²) in [6, 6.07) is 1.75. The molecule has 0 spiro atoms. The van der Waals surface area contributed by atoms with Gasteiger partial charge in [-0.25, -0.2) is 0 Å². The third-order valence-corrected chi connectivity index (χ3v) is 8.50. The highest BCUT2D eigenvalue weighted by Crippen LogP contribution is 2.65. The molecule has 10 heteroatoms. The van der Waals surface area contributed by atoms with E-state index in [9.17, 15) is 24.3 Å². The molecule has 192 valence electrons. The van der Waals surface area contributed by atoms with Gasteiger partial charge in [0.2, 0.25) is 0 Å². The first kappa shape index (κ1) is 25.4.